The van der Waals surface area contributed by atoms with Crippen molar-refractivity contribution in [3.8, 4) is 5.75 Å². The van der Waals surface area contributed by atoms with E-state index in [2.05, 4.69) is 0 Å². The van der Waals surface area contributed by atoms with Crippen LogP contribution in [0.4, 0.5) is 0 Å². The van der Waals surface area contributed by atoms with Gasteiger partial charge in [0.15, 0.2) is 0 Å². The number of carbonyl (C=O) groups excluding carboxylic acids is 1. The molecule has 0 amide bonds. The van der Waals surface area contributed by atoms with Gasteiger partial charge in [0, 0.05) is 11.4 Å². The molecule has 0 radical (unpaired) electrons. The Labute approximate surface area is 92.4 Å². The van der Waals surface area contributed by atoms with Crippen molar-refractivity contribution in [3.63, 3.8) is 0 Å². The number of fused-ring (bicyclic) bond motifs is 1. The zero-order chi connectivity index (χ0) is 11.5. The third-order valence-electron chi connectivity index (χ3n) is 2.46. The smallest absolute Gasteiger partial charge is 0.134 e. The molecule has 0 bridgehead atoms. The lowest BCUT2D eigenvalue weighted by molar-refractivity contribution is -0.305. The molecule has 2 aromatic rings. The summed E-state index contributed by atoms with van der Waals surface area (Å²) < 4.78 is 10.4. The lowest BCUT2D eigenvalue weighted by Gasteiger charge is -2.01. The third-order valence-corrected chi connectivity index (χ3v) is 2.46. The number of hydrogen-bond donors (Lipinski definition) is 0. The second-order valence-corrected chi connectivity index (χ2v) is 3.50. The van der Waals surface area contributed by atoms with Gasteiger partial charge in [-0.25, -0.2) is 0 Å². The highest BCUT2D eigenvalue weighted by molar-refractivity contribution is 5.83. The van der Waals surface area contributed by atoms with Gasteiger partial charge in [0.2, 0.25) is 0 Å². The van der Waals surface area contributed by atoms with Crippen LogP contribution in [-0.2, 0) is 11.2 Å². The molecule has 84 valence electrons. The number of hydrogen-bond acceptors (Lipinski definition) is 4. The predicted molar refractivity (Wildman–Crippen MR) is 56.1 cm³/mol. The van der Waals surface area contributed by atoms with Crippen LogP contribution in [0.3, 0.4) is 0 Å². The van der Waals surface area contributed by atoms with Crippen LogP contribution < -0.4 is 9.84 Å². The minimum Gasteiger partial charge on any atom is -0.550 e. The van der Waals surface area contributed by atoms with Gasteiger partial charge in [-0.3, -0.25) is 0 Å². The van der Waals surface area contributed by atoms with Gasteiger partial charge in [0.1, 0.15) is 11.3 Å². The molecular formula is C12H11O4-. The first-order valence-corrected chi connectivity index (χ1v) is 4.94. The van der Waals surface area contributed by atoms with Crippen LogP contribution >= 0.6 is 0 Å². The Kier molecular flexibility index (Phi) is 2.81. The molecular weight excluding hydrogens is 208 g/mol. The molecule has 0 fully saturated rings. The first kappa shape index (κ1) is 10.5. The Hall–Kier alpha value is -1.97. The van der Waals surface area contributed by atoms with Crippen LogP contribution in [0, 0.1) is 0 Å². The van der Waals surface area contributed by atoms with Crippen LogP contribution in [-0.4, -0.2) is 13.1 Å². The molecule has 0 aliphatic carbocycles. The lowest BCUT2D eigenvalue weighted by atomic mass is 10.1. The molecule has 0 aliphatic heterocycles. The molecule has 0 saturated carbocycles. The second kappa shape index (κ2) is 4.26. The maximum absolute atomic E-state index is 10.4. The van der Waals surface area contributed by atoms with E-state index in [0.29, 0.717) is 6.42 Å². The number of aliphatic carboxylic acids is 1. The number of rotatable bonds is 4. The van der Waals surface area contributed by atoms with Crippen molar-refractivity contribution in [2.24, 2.45) is 0 Å². The minimum atomic E-state index is -1.06. The van der Waals surface area contributed by atoms with E-state index in [1.807, 2.05) is 6.07 Å². The molecule has 16 heavy (non-hydrogen) atoms. The first-order valence-electron chi connectivity index (χ1n) is 4.94. The third kappa shape index (κ3) is 2.00. The number of aryl methyl sites for hydroxylation is 1. The van der Waals surface area contributed by atoms with Gasteiger partial charge in [-0.15, -0.1) is 0 Å². The molecule has 0 spiro atoms. The number of carboxylic acid groups (broad SMARTS) is 1. The minimum absolute atomic E-state index is 0.00809. The second-order valence-electron chi connectivity index (χ2n) is 3.50. The topological polar surface area (TPSA) is 62.5 Å². The summed E-state index contributed by atoms with van der Waals surface area (Å²) in [5.74, 6) is -0.333. The van der Waals surface area contributed by atoms with Crippen LogP contribution in [0.2, 0.25) is 0 Å². The summed E-state index contributed by atoms with van der Waals surface area (Å²) in [5, 5.41) is 11.3. The zero-order valence-corrected chi connectivity index (χ0v) is 8.86. The number of carbonyl (C=O) groups is 1. The normalized spacial score (nSPS) is 10.6. The maximum Gasteiger partial charge on any atom is 0.134 e. The summed E-state index contributed by atoms with van der Waals surface area (Å²) in [6.45, 7) is 0. The molecule has 4 heteroatoms. The quantitative estimate of drug-likeness (QED) is 0.773. The summed E-state index contributed by atoms with van der Waals surface area (Å²) in [6.07, 6.45) is 1.97. The number of benzene rings is 1. The van der Waals surface area contributed by atoms with Crippen LogP contribution in [0.5, 0.6) is 5.75 Å². The summed E-state index contributed by atoms with van der Waals surface area (Å²) in [6, 6.07) is 5.44. The van der Waals surface area contributed by atoms with Crippen LogP contribution in [0.15, 0.2) is 28.9 Å². The first-order chi connectivity index (χ1) is 7.70. The molecule has 0 unspecified atom stereocenters. The van der Waals surface area contributed by atoms with Gasteiger partial charge in [-0.05, 0) is 36.6 Å². The van der Waals surface area contributed by atoms with Crippen molar-refractivity contribution >= 4 is 16.9 Å². The Morgan fingerprint density at radius 3 is 3.00 bits per heavy atom. The predicted octanol–water partition coefficient (Wildman–Crippen LogP) is 1.12. The maximum atomic E-state index is 10.4. The molecule has 1 aromatic carbocycles. The Morgan fingerprint density at radius 1 is 1.50 bits per heavy atom. The van der Waals surface area contributed by atoms with Gasteiger partial charge in [0.05, 0.1) is 13.4 Å². The highest BCUT2D eigenvalue weighted by Crippen LogP contribution is 2.26. The van der Waals surface area contributed by atoms with Gasteiger partial charge < -0.3 is 19.1 Å². The Balaban J connectivity index is 2.34. The fourth-order valence-corrected chi connectivity index (χ4v) is 1.62. The van der Waals surface area contributed by atoms with Gasteiger partial charge in [0.25, 0.3) is 0 Å². The van der Waals surface area contributed by atoms with Crippen molar-refractivity contribution in [1.29, 1.82) is 0 Å². The van der Waals surface area contributed by atoms with E-state index in [4.69, 9.17) is 9.15 Å². The molecule has 1 heterocycles. The standard InChI is InChI=1S/C12H12O4/c1-15-9-3-4-11-10(6-9)8(7-16-11)2-5-12(13)14/h3-4,6-7H,2,5H2,1H3,(H,13,14)/p-1. The number of ether oxygens (including phenoxy) is 1. The van der Waals surface area contributed by atoms with Crippen molar-refractivity contribution in [3.05, 3.63) is 30.0 Å². The van der Waals surface area contributed by atoms with Crippen molar-refractivity contribution < 1.29 is 19.1 Å². The molecule has 0 aliphatic rings. The summed E-state index contributed by atoms with van der Waals surface area (Å²) in [7, 11) is 1.59. The molecule has 2 rings (SSSR count). The van der Waals surface area contributed by atoms with E-state index < -0.39 is 5.97 Å². The van der Waals surface area contributed by atoms with Crippen LogP contribution in [0.1, 0.15) is 12.0 Å². The fourth-order valence-electron chi connectivity index (χ4n) is 1.62. The van der Waals surface area contributed by atoms with Crippen molar-refractivity contribution in [2.45, 2.75) is 12.8 Å². The summed E-state index contributed by atoms with van der Waals surface area (Å²) in [5.41, 5.74) is 1.59. The molecule has 1 aromatic heterocycles. The number of methoxy groups -OCH3 is 1. The van der Waals surface area contributed by atoms with E-state index in [1.165, 1.54) is 0 Å². The molecule has 4 nitrogen and oxygen atoms in total. The lowest BCUT2D eigenvalue weighted by Crippen LogP contribution is -2.22. The molecule has 0 N–H and O–H groups in total. The highest BCUT2D eigenvalue weighted by atomic mass is 16.5. The van der Waals surface area contributed by atoms with Crippen LogP contribution in [0.25, 0.3) is 11.0 Å². The highest BCUT2D eigenvalue weighted by Gasteiger charge is 2.06. The van der Waals surface area contributed by atoms with Crippen molar-refractivity contribution in [1.82, 2.24) is 0 Å². The number of carboxylic acids is 1. The average Bonchev–Trinajstić information content (AvgIpc) is 2.68. The fraction of sp³-hybridized carbons (Fsp3) is 0.250. The summed E-state index contributed by atoms with van der Waals surface area (Å²) in [4.78, 5) is 10.4. The largest absolute Gasteiger partial charge is 0.550 e. The molecule has 0 saturated heterocycles. The van der Waals surface area contributed by atoms with E-state index in [1.54, 1.807) is 25.5 Å². The molecule has 0 atom stereocenters. The summed E-state index contributed by atoms with van der Waals surface area (Å²) >= 11 is 0. The van der Waals surface area contributed by atoms with E-state index >= 15 is 0 Å². The zero-order valence-electron chi connectivity index (χ0n) is 8.86. The van der Waals surface area contributed by atoms with Gasteiger partial charge in [-0.1, -0.05) is 0 Å². The van der Waals surface area contributed by atoms with E-state index in [-0.39, 0.29) is 6.42 Å². The van der Waals surface area contributed by atoms with E-state index in [0.717, 1.165) is 22.3 Å². The SMILES string of the molecule is COc1ccc2occ(CCC(=O)[O-])c2c1. The van der Waals surface area contributed by atoms with Gasteiger partial charge >= 0.3 is 0 Å². The average molecular weight is 219 g/mol. The van der Waals surface area contributed by atoms with Crippen molar-refractivity contribution in [2.75, 3.05) is 7.11 Å². The van der Waals surface area contributed by atoms with Gasteiger partial charge in [-0.2, -0.15) is 0 Å². The Bertz CT molecular complexity index is 513. The Morgan fingerprint density at radius 2 is 2.31 bits per heavy atom. The number of furan rings is 1. The van der Waals surface area contributed by atoms with E-state index in [9.17, 15) is 9.90 Å². The monoisotopic (exact) mass is 219 g/mol.